The lowest BCUT2D eigenvalue weighted by Crippen LogP contribution is -2.52. The van der Waals surface area contributed by atoms with Gasteiger partial charge in [-0.2, -0.15) is 8.42 Å². The van der Waals surface area contributed by atoms with Gasteiger partial charge in [-0.05, 0) is 43.5 Å². The van der Waals surface area contributed by atoms with Crippen LogP contribution < -0.4 is 10.1 Å². The molecular weight excluding hydrogens is 342 g/mol. The number of hydrogen-bond acceptors (Lipinski definition) is 5. The summed E-state index contributed by atoms with van der Waals surface area (Å²) < 4.78 is 41.9. The van der Waals surface area contributed by atoms with Gasteiger partial charge in [0.2, 0.25) is 0 Å². The van der Waals surface area contributed by atoms with Crippen molar-refractivity contribution in [2.75, 3.05) is 26.5 Å². The van der Waals surface area contributed by atoms with Gasteiger partial charge in [0.15, 0.2) is 0 Å². The number of methoxy groups -OCH3 is 2. The highest BCUT2D eigenvalue weighted by atomic mass is 32.2. The fourth-order valence-corrected chi connectivity index (χ4v) is 4.27. The number of hydrogen-bond donors (Lipinski definition) is 2. The summed E-state index contributed by atoms with van der Waals surface area (Å²) in [5, 5.41) is 3.55. The lowest BCUT2D eigenvalue weighted by Gasteiger charge is -2.44. The summed E-state index contributed by atoms with van der Waals surface area (Å²) in [5.41, 5.74) is 0.855. The lowest BCUT2D eigenvalue weighted by atomic mass is 9.75. The Kier molecular flexibility index (Phi) is 7.25. The molecule has 0 saturated heterocycles. The first kappa shape index (κ1) is 20.2. The highest BCUT2D eigenvalue weighted by molar-refractivity contribution is 7.85. The molecule has 0 bridgehead atoms. The predicted molar refractivity (Wildman–Crippen MR) is 97.6 cm³/mol. The van der Waals surface area contributed by atoms with Crippen LogP contribution in [0.25, 0.3) is 0 Å². The molecule has 1 aromatic rings. The Morgan fingerprint density at radius 1 is 1.16 bits per heavy atom. The van der Waals surface area contributed by atoms with Crippen molar-refractivity contribution in [3.05, 3.63) is 29.8 Å². The summed E-state index contributed by atoms with van der Waals surface area (Å²) in [6.45, 7) is 0.524. The maximum absolute atomic E-state index is 10.9. The summed E-state index contributed by atoms with van der Waals surface area (Å²) in [5.74, 6) is 0.577. The van der Waals surface area contributed by atoms with Crippen LogP contribution >= 0.6 is 0 Å². The van der Waals surface area contributed by atoms with Gasteiger partial charge in [0.25, 0.3) is 10.1 Å². The molecule has 1 atom stereocenters. The smallest absolute Gasteiger partial charge is 0.264 e. The van der Waals surface area contributed by atoms with Crippen LogP contribution in [0.15, 0.2) is 24.3 Å². The molecule has 0 aliphatic heterocycles. The number of ether oxygens (including phenoxy) is 2. The Morgan fingerprint density at radius 3 is 2.32 bits per heavy atom. The first-order valence-corrected chi connectivity index (χ1v) is 10.4. The molecule has 0 aromatic heterocycles. The first-order valence-electron chi connectivity index (χ1n) is 8.77. The lowest BCUT2D eigenvalue weighted by molar-refractivity contribution is -0.00460. The minimum Gasteiger partial charge on any atom is -0.497 e. The second-order valence-electron chi connectivity index (χ2n) is 6.67. The molecule has 1 saturated carbocycles. The predicted octanol–water partition coefficient (Wildman–Crippen LogP) is 2.95. The molecule has 6 nitrogen and oxygen atoms in total. The number of nitrogens with one attached hydrogen (secondary N) is 1. The largest absolute Gasteiger partial charge is 0.497 e. The van der Waals surface area contributed by atoms with E-state index in [1.807, 2.05) is 24.3 Å². The molecule has 1 fully saturated rings. The van der Waals surface area contributed by atoms with Crippen molar-refractivity contribution < 1.29 is 22.4 Å². The number of benzene rings is 1. The van der Waals surface area contributed by atoms with Crippen molar-refractivity contribution >= 4 is 10.1 Å². The Balaban J connectivity index is 2.14. The van der Waals surface area contributed by atoms with Crippen molar-refractivity contribution in [1.29, 1.82) is 0 Å². The average molecular weight is 371 g/mol. The van der Waals surface area contributed by atoms with Gasteiger partial charge < -0.3 is 14.8 Å². The second kappa shape index (κ2) is 8.98. The Labute approximate surface area is 150 Å². The minimum absolute atomic E-state index is 0.121. The molecule has 7 heteroatoms. The average Bonchev–Trinajstić information content (AvgIpc) is 2.60. The summed E-state index contributed by atoms with van der Waals surface area (Å²) >= 11 is 0. The molecule has 142 valence electrons. The molecule has 25 heavy (non-hydrogen) atoms. The highest BCUT2D eigenvalue weighted by Gasteiger charge is 2.40. The van der Waals surface area contributed by atoms with Crippen molar-refractivity contribution in [1.82, 2.24) is 5.32 Å². The van der Waals surface area contributed by atoms with Gasteiger partial charge in [0.1, 0.15) is 11.9 Å². The molecule has 0 radical (unpaired) electrons. The van der Waals surface area contributed by atoms with Crippen LogP contribution in [0.5, 0.6) is 5.75 Å². The first-order chi connectivity index (χ1) is 11.9. The van der Waals surface area contributed by atoms with Crippen molar-refractivity contribution in [2.45, 2.75) is 50.2 Å². The Hall–Kier alpha value is -1.15. The van der Waals surface area contributed by atoms with Crippen LogP contribution in [0, 0.1) is 0 Å². The molecule has 0 heterocycles. The third kappa shape index (κ3) is 5.67. The van der Waals surface area contributed by atoms with Gasteiger partial charge in [-0.25, -0.2) is 0 Å². The van der Waals surface area contributed by atoms with E-state index in [4.69, 9.17) is 14.0 Å². The second-order valence-corrected chi connectivity index (χ2v) is 8.24. The van der Waals surface area contributed by atoms with E-state index in [0.29, 0.717) is 13.0 Å². The number of rotatable bonds is 9. The molecular formula is C18H29NO5S. The van der Waals surface area contributed by atoms with E-state index < -0.39 is 10.1 Å². The van der Waals surface area contributed by atoms with Crippen LogP contribution in [-0.2, 0) is 14.9 Å². The summed E-state index contributed by atoms with van der Waals surface area (Å²) in [7, 11) is -0.563. The molecule has 1 aliphatic rings. The molecule has 2 rings (SSSR count). The zero-order valence-electron chi connectivity index (χ0n) is 15.0. The van der Waals surface area contributed by atoms with E-state index in [1.54, 1.807) is 14.2 Å². The fraction of sp³-hybridized carbons (Fsp3) is 0.667. The standard InChI is InChI=1S/C18H29NO5S/c1-23-16-9-7-15(8-10-16)17(24-2)18(11-4-3-5-12-18)19-13-6-14-25(20,21)22/h7-10,17,19H,3-6,11-14H2,1-2H3,(H,20,21,22). The van der Waals surface area contributed by atoms with Gasteiger partial charge in [-0.1, -0.05) is 31.4 Å². The highest BCUT2D eigenvalue weighted by Crippen LogP contribution is 2.40. The van der Waals surface area contributed by atoms with Gasteiger partial charge in [-0.15, -0.1) is 0 Å². The minimum atomic E-state index is -3.92. The van der Waals surface area contributed by atoms with E-state index in [9.17, 15) is 8.42 Å². The third-order valence-corrected chi connectivity index (χ3v) is 5.76. The van der Waals surface area contributed by atoms with Crippen LogP contribution in [0.3, 0.4) is 0 Å². The van der Waals surface area contributed by atoms with Gasteiger partial charge in [0, 0.05) is 12.6 Å². The quantitative estimate of drug-likeness (QED) is 0.513. The molecule has 1 aromatic carbocycles. The summed E-state index contributed by atoms with van der Waals surface area (Å²) in [6.07, 6.45) is 5.63. The van der Waals surface area contributed by atoms with Crippen LogP contribution in [0.4, 0.5) is 0 Å². The Morgan fingerprint density at radius 2 is 1.80 bits per heavy atom. The van der Waals surface area contributed by atoms with E-state index in [2.05, 4.69) is 5.32 Å². The normalized spacial score (nSPS) is 18.7. The fourth-order valence-electron chi connectivity index (χ4n) is 3.77. The van der Waals surface area contributed by atoms with Crippen molar-refractivity contribution in [3.8, 4) is 5.75 Å². The van der Waals surface area contributed by atoms with E-state index in [0.717, 1.165) is 37.0 Å². The molecule has 0 spiro atoms. The summed E-state index contributed by atoms with van der Waals surface area (Å²) in [6, 6.07) is 7.89. The van der Waals surface area contributed by atoms with E-state index >= 15 is 0 Å². The van der Waals surface area contributed by atoms with Gasteiger partial charge >= 0.3 is 0 Å². The van der Waals surface area contributed by atoms with Crippen LogP contribution in [-0.4, -0.2) is 45.0 Å². The van der Waals surface area contributed by atoms with Gasteiger partial charge in [-0.3, -0.25) is 4.55 Å². The van der Waals surface area contributed by atoms with Crippen LogP contribution in [0.1, 0.15) is 50.2 Å². The zero-order valence-corrected chi connectivity index (χ0v) is 15.8. The van der Waals surface area contributed by atoms with Crippen LogP contribution in [0.2, 0.25) is 0 Å². The van der Waals surface area contributed by atoms with E-state index in [1.165, 1.54) is 6.42 Å². The molecule has 1 unspecified atom stereocenters. The zero-order chi connectivity index (χ0) is 18.3. The SMILES string of the molecule is COc1ccc(C(OC)C2(NCCCS(=O)(=O)O)CCCCC2)cc1. The van der Waals surface area contributed by atoms with E-state index in [-0.39, 0.29) is 17.4 Å². The van der Waals surface area contributed by atoms with Gasteiger partial charge in [0.05, 0.1) is 12.9 Å². The maximum atomic E-state index is 10.9. The topological polar surface area (TPSA) is 84.9 Å². The molecule has 0 amide bonds. The Bertz CT molecular complexity index is 623. The molecule has 1 aliphatic carbocycles. The monoisotopic (exact) mass is 371 g/mol. The van der Waals surface area contributed by atoms with Crippen molar-refractivity contribution in [3.63, 3.8) is 0 Å². The third-order valence-electron chi connectivity index (χ3n) is 4.96. The maximum Gasteiger partial charge on any atom is 0.264 e. The van der Waals surface area contributed by atoms with Crippen molar-refractivity contribution in [2.24, 2.45) is 0 Å². The molecule has 2 N–H and O–H groups in total. The summed E-state index contributed by atoms with van der Waals surface area (Å²) in [4.78, 5) is 0.